The third-order valence-electron chi connectivity index (χ3n) is 2.90. The molecule has 0 saturated heterocycles. The minimum Gasteiger partial charge on any atom is -0.324 e. The van der Waals surface area contributed by atoms with Crippen molar-refractivity contribution in [1.29, 1.82) is 0 Å². The van der Waals surface area contributed by atoms with Crippen molar-refractivity contribution in [3.63, 3.8) is 0 Å². The lowest BCUT2D eigenvalue weighted by Crippen LogP contribution is -2.24. The fourth-order valence-corrected chi connectivity index (χ4v) is 1.75. The smallest absolute Gasteiger partial charge is 0.248 e. The van der Waals surface area contributed by atoms with E-state index in [2.05, 4.69) is 17.3 Å². The number of amides is 1. The molecule has 1 N–H and O–H groups in total. The topological polar surface area (TPSA) is 46.9 Å². The lowest BCUT2D eigenvalue weighted by Gasteiger charge is -2.13. The van der Waals surface area contributed by atoms with Crippen molar-refractivity contribution in [2.75, 3.05) is 5.32 Å². The number of hydrogen-bond donors (Lipinski definition) is 1. The SMILES string of the molecule is CCc1cccc(NC(=O)[C@H](C)n2cccn2)c1. The van der Waals surface area contributed by atoms with E-state index in [9.17, 15) is 4.79 Å². The van der Waals surface area contributed by atoms with Gasteiger partial charge in [0.2, 0.25) is 5.91 Å². The molecule has 0 aliphatic rings. The molecule has 2 rings (SSSR count). The number of hydrogen-bond acceptors (Lipinski definition) is 2. The number of anilines is 1. The highest BCUT2D eigenvalue weighted by atomic mass is 16.2. The zero-order valence-electron chi connectivity index (χ0n) is 10.6. The number of rotatable bonds is 4. The van der Waals surface area contributed by atoms with E-state index in [0.29, 0.717) is 0 Å². The Hall–Kier alpha value is -2.10. The number of nitrogens with zero attached hydrogens (tertiary/aromatic N) is 2. The summed E-state index contributed by atoms with van der Waals surface area (Å²) in [4.78, 5) is 12.0. The van der Waals surface area contributed by atoms with Crippen LogP contribution in [-0.2, 0) is 11.2 Å². The summed E-state index contributed by atoms with van der Waals surface area (Å²) >= 11 is 0. The third-order valence-corrected chi connectivity index (χ3v) is 2.90. The van der Waals surface area contributed by atoms with Crippen molar-refractivity contribution in [2.24, 2.45) is 0 Å². The van der Waals surface area contributed by atoms with Gasteiger partial charge in [0.1, 0.15) is 6.04 Å². The van der Waals surface area contributed by atoms with Crippen molar-refractivity contribution in [1.82, 2.24) is 9.78 Å². The molecule has 0 radical (unpaired) electrons. The largest absolute Gasteiger partial charge is 0.324 e. The van der Waals surface area contributed by atoms with Crippen molar-refractivity contribution >= 4 is 11.6 Å². The molecule has 1 heterocycles. The molecule has 0 bridgehead atoms. The van der Waals surface area contributed by atoms with Gasteiger partial charge in [-0.05, 0) is 37.1 Å². The second-order valence-corrected chi connectivity index (χ2v) is 4.21. The summed E-state index contributed by atoms with van der Waals surface area (Å²) in [6, 6.07) is 9.38. The first-order valence-corrected chi connectivity index (χ1v) is 6.09. The van der Waals surface area contributed by atoms with Crippen LogP contribution in [0.2, 0.25) is 0 Å². The van der Waals surface area contributed by atoms with Crippen LogP contribution in [0.1, 0.15) is 25.5 Å². The summed E-state index contributed by atoms with van der Waals surface area (Å²) in [5, 5.41) is 6.97. The molecule has 1 amide bonds. The Kier molecular flexibility index (Phi) is 3.77. The number of aryl methyl sites for hydroxylation is 1. The average Bonchev–Trinajstić information content (AvgIpc) is 2.92. The van der Waals surface area contributed by atoms with Crippen molar-refractivity contribution < 1.29 is 4.79 Å². The van der Waals surface area contributed by atoms with E-state index in [1.807, 2.05) is 37.3 Å². The van der Waals surface area contributed by atoms with Gasteiger partial charge in [-0.1, -0.05) is 19.1 Å². The van der Waals surface area contributed by atoms with Crippen LogP contribution in [0.3, 0.4) is 0 Å². The van der Waals surface area contributed by atoms with Gasteiger partial charge in [0.25, 0.3) is 0 Å². The van der Waals surface area contributed by atoms with Gasteiger partial charge < -0.3 is 5.32 Å². The fourth-order valence-electron chi connectivity index (χ4n) is 1.75. The van der Waals surface area contributed by atoms with Crippen LogP contribution in [0.25, 0.3) is 0 Å². The maximum atomic E-state index is 12.0. The molecule has 1 aromatic heterocycles. The molecule has 0 spiro atoms. The molecule has 0 unspecified atom stereocenters. The molecule has 0 fully saturated rings. The van der Waals surface area contributed by atoms with Crippen molar-refractivity contribution in [3.05, 3.63) is 48.3 Å². The fraction of sp³-hybridized carbons (Fsp3) is 0.286. The van der Waals surface area contributed by atoms with E-state index in [0.717, 1.165) is 12.1 Å². The van der Waals surface area contributed by atoms with E-state index in [1.54, 1.807) is 17.1 Å². The van der Waals surface area contributed by atoms with E-state index in [1.165, 1.54) is 5.56 Å². The van der Waals surface area contributed by atoms with Gasteiger partial charge in [0, 0.05) is 18.1 Å². The highest BCUT2D eigenvalue weighted by Crippen LogP contribution is 2.13. The Morgan fingerprint density at radius 2 is 2.28 bits per heavy atom. The summed E-state index contributed by atoms with van der Waals surface area (Å²) in [7, 11) is 0. The maximum Gasteiger partial charge on any atom is 0.248 e. The monoisotopic (exact) mass is 243 g/mol. The second kappa shape index (κ2) is 5.49. The number of benzene rings is 1. The summed E-state index contributed by atoms with van der Waals surface area (Å²) in [5.74, 6) is -0.0630. The zero-order chi connectivity index (χ0) is 13.0. The highest BCUT2D eigenvalue weighted by Gasteiger charge is 2.14. The zero-order valence-corrected chi connectivity index (χ0v) is 10.6. The molecule has 4 heteroatoms. The van der Waals surface area contributed by atoms with Crippen LogP contribution in [0.15, 0.2) is 42.7 Å². The molecular formula is C14H17N3O. The molecule has 1 atom stereocenters. The van der Waals surface area contributed by atoms with Crippen LogP contribution < -0.4 is 5.32 Å². The number of carbonyl (C=O) groups is 1. The minimum atomic E-state index is -0.315. The molecule has 18 heavy (non-hydrogen) atoms. The number of aromatic nitrogens is 2. The summed E-state index contributed by atoms with van der Waals surface area (Å²) in [6.07, 6.45) is 4.41. The molecule has 0 aliphatic carbocycles. The van der Waals surface area contributed by atoms with Crippen molar-refractivity contribution in [2.45, 2.75) is 26.3 Å². The molecule has 2 aromatic rings. The third kappa shape index (κ3) is 2.77. The van der Waals surface area contributed by atoms with Crippen LogP contribution in [0.5, 0.6) is 0 Å². The first-order valence-electron chi connectivity index (χ1n) is 6.09. The van der Waals surface area contributed by atoms with Crippen LogP contribution in [-0.4, -0.2) is 15.7 Å². The first kappa shape index (κ1) is 12.4. The Morgan fingerprint density at radius 1 is 1.44 bits per heavy atom. The van der Waals surface area contributed by atoms with E-state index in [4.69, 9.17) is 0 Å². The Morgan fingerprint density at radius 3 is 2.94 bits per heavy atom. The molecule has 0 aliphatic heterocycles. The summed E-state index contributed by atoms with van der Waals surface area (Å²) in [6.45, 7) is 3.92. The molecule has 94 valence electrons. The predicted molar refractivity (Wildman–Crippen MR) is 71.4 cm³/mol. The molecule has 0 saturated carbocycles. The molecular weight excluding hydrogens is 226 g/mol. The van der Waals surface area contributed by atoms with Crippen molar-refractivity contribution in [3.8, 4) is 0 Å². The standard InChI is InChI=1S/C14H17N3O/c1-3-12-6-4-7-13(10-12)16-14(18)11(2)17-9-5-8-15-17/h4-11H,3H2,1-2H3,(H,16,18)/t11-/m0/s1. The van der Waals surface area contributed by atoms with E-state index < -0.39 is 0 Å². The lowest BCUT2D eigenvalue weighted by atomic mass is 10.1. The predicted octanol–water partition coefficient (Wildman–Crippen LogP) is 2.65. The second-order valence-electron chi connectivity index (χ2n) is 4.21. The Bertz CT molecular complexity index is 520. The van der Waals surface area contributed by atoms with Gasteiger partial charge in [-0.25, -0.2) is 0 Å². The van der Waals surface area contributed by atoms with Crippen LogP contribution >= 0.6 is 0 Å². The van der Waals surface area contributed by atoms with Gasteiger partial charge in [-0.15, -0.1) is 0 Å². The normalized spacial score (nSPS) is 12.1. The highest BCUT2D eigenvalue weighted by molar-refractivity contribution is 5.93. The van der Waals surface area contributed by atoms with E-state index in [-0.39, 0.29) is 11.9 Å². The molecule has 1 aromatic carbocycles. The van der Waals surface area contributed by atoms with Crippen LogP contribution in [0.4, 0.5) is 5.69 Å². The first-order chi connectivity index (χ1) is 8.70. The van der Waals surface area contributed by atoms with E-state index >= 15 is 0 Å². The number of carbonyl (C=O) groups excluding carboxylic acids is 1. The maximum absolute atomic E-state index is 12.0. The quantitative estimate of drug-likeness (QED) is 0.897. The summed E-state index contributed by atoms with van der Waals surface area (Å²) in [5.41, 5.74) is 2.04. The summed E-state index contributed by atoms with van der Waals surface area (Å²) < 4.78 is 1.64. The van der Waals surface area contributed by atoms with Gasteiger partial charge in [0.05, 0.1) is 0 Å². The van der Waals surface area contributed by atoms with Gasteiger partial charge >= 0.3 is 0 Å². The molecule has 4 nitrogen and oxygen atoms in total. The van der Waals surface area contributed by atoms with Gasteiger partial charge in [-0.2, -0.15) is 5.10 Å². The average molecular weight is 243 g/mol. The van der Waals surface area contributed by atoms with Gasteiger partial charge in [-0.3, -0.25) is 9.48 Å². The minimum absolute atomic E-state index is 0.0630. The van der Waals surface area contributed by atoms with Gasteiger partial charge in [0.15, 0.2) is 0 Å². The lowest BCUT2D eigenvalue weighted by molar-refractivity contribution is -0.119. The number of nitrogens with one attached hydrogen (secondary N) is 1. The Labute approximate surface area is 107 Å². The van der Waals surface area contributed by atoms with Crippen LogP contribution in [0, 0.1) is 0 Å². The Balaban J connectivity index is 2.06.